The number of furan rings is 1. The zero-order chi connectivity index (χ0) is 21.0. The molecule has 0 radical (unpaired) electrons. The molecule has 1 heterocycles. The molecule has 0 aliphatic heterocycles. The Labute approximate surface area is 168 Å². The van der Waals surface area contributed by atoms with Gasteiger partial charge in [0.25, 0.3) is 0 Å². The van der Waals surface area contributed by atoms with Crippen LogP contribution in [0, 0.1) is 0 Å². The van der Waals surface area contributed by atoms with E-state index < -0.39 is 18.0 Å². The number of hydrogen-bond acceptors (Lipinski definition) is 7. The molecule has 1 atom stereocenters. The number of esters is 2. The third-order valence-corrected chi connectivity index (χ3v) is 4.34. The molecule has 3 rings (SSSR count). The van der Waals surface area contributed by atoms with Crippen molar-refractivity contribution in [3.63, 3.8) is 0 Å². The number of carbonyl (C=O) groups is 2. The van der Waals surface area contributed by atoms with Gasteiger partial charge in [0.15, 0.2) is 6.10 Å². The van der Waals surface area contributed by atoms with E-state index in [2.05, 4.69) is 4.74 Å². The van der Waals surface area contributed by atoms with Crippen LogP contribution in [0.4, 0.5) is 0 Å². The van der Waals surface area contributed by atoms with Gasteiger partial charge in [0.05, 0.1) is 20.8 Å². The fourth-order valence-electron chi connectivity index (χ4n) is 2.92. The Morgan fingerprint density at radius 3 is 2.34 bits per heavy atom. The average Bonchev–Trinajstić information content (AvgIpc) is 3.12. The number of ether oxygens (including phenoxy) is 4. The van der Waals surface area contributed by atoms with E-state index in [4.69, 9.17) is 18.6 Å². The van der Waals surface area contributed by atoms with Crippen LogP contribution in [-0.2, 0) is 14.3 Å². The van der Waals surface area contributed by atoms with Gasteiger partial charge in [-0.05, 0) is 56.3 Å². The molecule has 7 heteroatoms. The minimum absolute atomic E-state index is 0.225. The third-order valence-electron chi connectivity index (χ3n) is 4.34. The maximum Gasteiger partial charge on any atom is 0.346 e. The van der Waals surface area contributed by atoms with Crippen molar-refractivity contribution >= 4 is 22.9 Å². The Balaban J connectivity index is 2.09. The minimum Gasteiger partial charge on any atom is -0.497 e. The Morgan fingerprint density at radius 1 is 1.03 bits per heavy atom. The smallest absolute Gasteiger partial charge is 0.346 e. The van der Waals surface area contributed by atoms with Crippen LogP contribution in [0.1, 0.15) is 24.2 Å². The van der Waals surface area contributed by atoms with Crippen LogP contribution in [-0.4, -0.2) is 38.9 Å². The summed E-state index contributed by atoms with van der Waals surface area (Å²) in [7, 11) is 2.87. The normalized spacial score (nSPS) is 11.7. The van der Waals surface area contributed by atoms with Crippen molar-refractivity contribution in [2.24, 2.45) is 0 Å². The Hall–Kier alpha value is -3.48. The molecule has 0 spiro atoms. The lowest BCUT2D eigenvalue weighted by molar-refractivity contribution is -0.147. The highest BCUT2D eigenvalue weighted by Crippen LogP contribution is 2.36. The van der Waals surface area contributed by atoms with Crippen molar-refractivity contribution in [2.45, 2.75) is 20.0 Å². The third kappa shape index (κ3) is 4.18. The van der Waals surface area contributed by atoms with Crippen LogP contribution >= 0.6 is 0 Å². The first-order valence-corrected chi connectivity index (χ1v) is 9.11. The number of rotatable bonds is 7. The van der Waals surface area contributed by atoms with E-state index in [0.717, 1.165) is 0 Å². The van der Waals surface area contributed by atoms with Gasteiger partial charge in [-0.3, -0.25) is 0 Å². The van der Waals surface area contributed by atoms with Crippen molar-refractivity contribution in [1.82, 2.24) is 0 Å². The molecule has 0 bridgehead atoms. The molecule has 29 heavy (non-hydrogen) atoms. The van der Waals surface area contributed by atoms with E-state index in [0.29, 0.717) is 39.4 Å². The van der Waals surface area contributed by atoms with Crippen molar-refractivity contribution in [2.75, 3.05) is 20.8 Å². The molecule has 0 N–H and O–H groups in total. The second kappa shape index (κ2) is 8.68. The number of fused-ring (bicyclic) bond motifs is 1. The van der Waals surface area contributed by atoms with Crippen LogP contribution in [0.2, 0.25) is 0 Å². The Morgan fingerprint density at radius 2 is 1.72 bits per heavy atom. The van der Waals surface area contributed by atoms with Crippen molar-refractivity contribution in [3.8, 4) is 22.8 Å². The summed E-state index contributed by atoms with van der Waals surface area (Å²) in [6.07, 6.45) is -0.795. The van der Waals surface area contributed by atoms with Gasteiger partial charge in [-0.25, -0.2) is 9.59 Å². The predicted molar refractivity (Wildman–Crippen MR) is 106 cm³/mol. The van der Waals surface area contributed by atoms with E-state index in [-0.39, 0.29) is 6.61 Å². The molecule has 7 nitrogen and oxygen atoms in total. The molecule has 2 aromatic carbocycles. The molecule has 152 valence electrons. The standard InChI is InChI=1S/C22H22O7/c1-5-27-22(24)19-17-12-16(28-13(2)21(23)26-4)10-11-18(17)29-20(19)14-6-8-15(25-3)9-7-14/h6-13H,5H2,1-4H3. The van der Waals surface area contributed by atoms with Gasteiger partial charge in [-0.2, -0.15) is 0 Å². The van der Waals surface area contributed by atoms with Gasteiger partial charge < -0.3 is 23.4 Å². The van der Waals surface area contributed by atoms with E-state index in [1.165, 1.54) is 7.11 Å². The monoisotopic (exact) mass is 398 g/mol. The van der Waals surface area contributed by atoms with Crippen molar-refractivity contribution in [1.29, 1.82) is 0 Å². The molecule has 0 amide bonds. The topological polar surface area (TPSA) is 84.2 Å². The number of benzene rings is 2. The van der Waals surface area contributed by atoms with Crippen molar-refractivity contribution in [3.05, 3.63) is 48.0 Å². The summed E-state index contributed by atoms with van der Waals surface area (Å²) in [4.78, 5) is 24.3. The number of methoxy groups -OCH3 is 2. The van der Waals surface area contributed by atoms with Crippen molar-refractivity contribution < 1.29 is 33.0 Å². The number of hydrogen-bond donors (Lipinski definition) is 0. The zero-order valence-corrected chi connectivity index (χ0v) is 16.7. The molecule has 3 aromatic rings. The van der Waals surface area contributed by atoms with E-state index >= 15 is 0 Å². The lowest BCUT2D eigenvalue weighted by Crippen LogP contribution is -2.24. The van der Waals surface area contributed by atoms with E-state index in [1.54, 1.807) is 63.4 Å². The van der Waals surface area contributed by atoms with Crippen LogP contribution in [0.25, 0.3) is 22.3 Å². The summed E-state index contributed by atoms with van der Waals surface area (Å²) >= 11 is 0. The van der Waals surface area contributed by atoms with Crippen LogP contribution in [0.5, 0.6) is 11.5 Å². The molecule has 0 saturated heterocycles. The maximum absolute atomic E-state index is 12.7. The molecule has 0 aliphatic carbocycles. The Kier molecular flexibility index (Phi) is 6.07. The largest absolute Gasteiger partial charge is 0.497 e. The Bertz CT molecular complexity index is 1020. The van der Waals surface area contributed by atoms with E-state index in [9.17, 15) is 9.59 Å². The quantitative estimate of drug-likeness (QED) is 0.551. The van der Waals surface area contributed by atoms with Crippen LogP contribution in [0.15, 0.2) is 46.9 Å². The zero-order valence-electron chi connectivity index (χ0n) is 16.7. The maximum atomic E-state index is 12.7. The molecule has 0 aliphatic rings. The summed E-state index contributed by atoms with van der Waals surface area (Å²) in [5, 5.41) is 0.531. The highest BCUT2D eigenvalue weighted by molar-refractivity contribution is 6.09. The van der Waals surface area contributed by atoms with Gasteiger partial charge in [0.1, 0.15) is 28.4 Å². The van der Waals surface area contributed by atoms with Crippen LogP contribution in [0.3, 0.4) is 0 Å². The number of carbonyl (C=O) groups excluding carboxylic acids is 2. The first-order valence-electron chi connectivity index (χ1n) is 9.11. The van der Waals surface area contributed by atoms with Gasteiger partial charge in [-0.15, -0.1) is 0 Å². The predicted octanol–water partition coefficient (Wildman–Crippen LogP) is 4.23. The highest BCUT2D eigenvalue weighted by atomic mass is 16.6. The molecule has 0 fully saturated rings. The first-order chi connectivity index (χ1) is 14.0. The SMILES string of the molecule is CCOC(=O)c1c(-c2ccc(OC)cc2)oc2ccc(OC(C)C(=O)OC)cc12. The second-order valence-electron chi connectivity index (χ2n) is 6.20. The lowest BCUT2D eigenvalue weighted by Gasteiger charge is -2.12. The fraction of sp³-hybridized carbons (Fsp3) is 0.273. The summed E-state index contributed by atoms with van der Waals surface area (Å²) in [5.74, 6) is 0.481. The van der Waals surface area contributed by atoms with Crippen LogP contribution < -0.4 is 9.47 Å². The summed E-state index contributed by atoms with van der Waals surface area (Å²) in [6.45, 7) is 3.55. The summed E-state index contributed by atoms with van der Waals surface area (Å²) in [5.41, 5.74) is 1.50. The summed E-state index contributed by atoms with van der Waals surface area (Å²) in [6, 6.07) is 12.2. The molecular formula is C22H22O7. The average molecular weight is 398 g/mol. The molecule has 0 saturated carbocycles. The molecule has 1 unspecified atom stereocenters. The van der Waals surface area contributed by atoms with E-state index in [1.807, 2.05) is 0 Å². The highest BCUT2D eigenvalue weighted by Gasteiger charge is 2.24. The first kappa shape index (κ1) is 20.3. The fourth-order valence-corrected chi connectivity index (χ4v) is 2.92. The minimum atomic E-state index is -0.795. The van der Waals surface area contributed by atoms with Gasteiger partial charge >= 0.3 is 11.9 Å². The molecule has 1 aromatic heterocycles. The lowest BCUT2D eigenvalue weighted by atomic mass is 10.1. The summed E-state index contributed by atoms with van der Waals surface area (Å²) < 4.78 is 26.7. The van der Waals surface area contributed by atoms with Gasteiger partial charge in [0, 0.05) is 10.9 Å². The molecular weight excluding hydrogens is 376 g/mol. The van der Waals surface area contributed by atoms with Gasteiger partial charge in [-0.1, -0.05) is 0 Å². The van der Waals surface area contributed by atoms with Gasteiger partial charge in [0.2, 0.25) is 0 Å². The second-order valence-corrected chi connectivity index (χ2v) is 6.20.